The molecule has 0 saturated carbocycles. The lowest BCUT2D eigenvalue weighted by Crippen LogP contribution is -2.30. The number of nitrogens with one attached hydrogen (secondary N) is 1. The number of aryl methyl sites for hydroxylation is 1. The fourth-order valence-corrected chi connectivity index (χ4v) is 5.15. The minimum absolute atomic E-state index is 0.0999. The van der Waals surface area contributed by atoms with E-state index in [-0.39, 0.29) is 12.1 Å². The van der Waals surface area contributed by atoms with E-state index in [1.54, 1.807) is 14.2 Å². The van der Waals surface area contributed by atoms with Gasteiger partial charge in [0.15, 0.2) is 5.11 Å². The second-order valence-electron chi connectivity index (χ2n) is 8.32. The van der Waals surface area contributed by atoms with Gasteiger partial charge in [-0.15, -0.1) is 0 Å². The summed E-state index contributed by atoms with van der Waals surface area (Å²) in [5, 5.41) is 4.16. The number of nitrogens with zero attached hydrogens (tertiary/aromatic N) is 3. The lowest BCUT2D eigenvalue weighted by atomic mass is 9.96. The zero-order chi connectivity index (χ0) is 23.0. The van der Waals surface area contributed by atoms with Crippen LogP contribution in [-0.2, 0) is 0 Å². The average Bonchev–Trinajstić information content (AvgIpc) is 3.28. The first-order valence-electron chi connectivity index (χ1n) is 10.8. The van der Waals surface area contributed by atoms with Gasteiger partial charge >= 0.3 is 0 Å². The van der Waals surface area contributed by atoms with E-state index >= 15 is 0 Å². The third-order valence-electron chi connectivity index (χ3n) is 6.10. The van der Waals surface area contributed by atoms with E-state index in [1.807, 2.05) is 42.6 Å². The molecular formula is C25H30N4O2S. The SMILES string of the molecule is COc1ccc(OC)c(N2C(=S)N[C@H](c3ccccn3)[C@H]2c2cc(C)n(C(C)C)c2C)c1. The summed E-state index contributed by atoms with van der Waals surface area (Å²) in [6.07, 6.45) is 1.82. The monoisotopic (exact) mass is 450 g/mol. The van der Waals surface area contributed by atoms with Crippen LogP contribution in [0.25, 0.3) is 0 Å². The molecule has 0 unspecified atom stereocenters. The maximum Gasteiger partial charge on any atom is 0.174 e. The van der Waals surface area contributed by atoms with Crippen molar-refractivity contribution in [3.05, 3.63) is 71.3 Å². The Morgan fingerprint density at radius 2 is 1.84 bits per heavy atom. The summed E-state index contributed by atoms with van der Waals surface area (Å²) in [4.78, 5) is 6.80. The fraction of sp³-hybridized carbons (Fsp3) is 0.360. The highest BCUT2D eigenvalue weighted by atomic mass is 32.1. The molecule has 1 aromatic carbocycles. The van der Waals surface area contributed by atoms with Crippen molar-refractivity contribution in [2.24, 2.45) is 0 Å². The molecule has 0 bridgehead atoms. The molecule has 2 aromatic heterocycles. The van der Waals surface area contributed by atoms with Gasteiger partial charge in [0.25, 0.3) is 0 Å². The highest BCUT2D eigenvalue weighted by molar-refractivity contribution is 7.80. The van der Waals surface area contributed by atoms with Crippen LogP contribution in [0, 0.1) is 13.8 Å². The van der Waals surface area contributed by atoms with E-state index in [0.29, 0.717) is 11.2 Å². The Labute approximate surface area is 195 Å². The molecule has 0 spiro atoms. The normalized spacial score (nSPS) is 18.2. The number of benzene rings is 1. The van der Waals surface area contributed by atoms with Crippen molar-refractivity contribution < 1.29 is 9.47 Å². The first-order chi connectivity index (χ1) is 15.4. The van der Waals surface area contributed by atoms with Crippen molar-refractivity contribution in [1.82, 2.24) is 14.9 Å². The van der Waals surface area contributed by atoms with E-state index in [4.69, 9.17) is 21.7 Å². The number of anilines is 1. The molecule has 1 aliphatic heterocycles. The molecule has 1 fully saturated rings. The van der Waals surface area contributed by atoms with Crippen LogP contribution >= 0.6 is 12.2 Å². The van der Waals surface area contributed by atoms with Crippen molar-refractivity contribution in [2.75, 3.05) is 19.1 Å². The van der Waals surface area contributed by atoms with Crippen LogP contribution in [0.4, 0.5) is 5.69 Å². The van der Waals surface area contributed by atoms with Gasteiger partial charge in [0.05, 0.1) is 37.7 Å². The quantitative estimate of drug-likeness (QED) is 0.516. The van der Waals surface area contributed by atoms with Gasteiger partial charge in [0.2, 0.25) is 0 Å². The summed E-state index contributed by atoms with van der Waals surface area (Å²) in [5.41, 5.74) is 5.47. The number of pyridine rings is 1. The van der Waals surface area contributed by atoms with E-state index < -0.39 is 0 Å². The molecule has 1 aliphatic rings. The lowest BCUT2D eigenvalue weighted by molar-refractivity contribution is 0.403. The molecule has 32 heavy (non-hydrogen) atoms. The number of ether oxygens (including phenoxy) is 2. The zero-order valence-corrected chi connectivity index (χ0v) is 20.2. The van der Waals surface area contributed by atoms with E-state index in [0.717, 1.165) is 22.9 Å². The van der Waals surface area contributed by atoms with Gasteiger partial charge in [0, 0.05) is 29.7 Å². The molecule has 0 radical (unpaired) electrons. The van der Waals surface area contributed by atoms with Gasteiger partial charge in [-0.3, -0.25) is 4.98 Å². The summed E-state index contributed by atoms with van der Waals surface area (Å²) in [5.74, 6) is 1.48. The number of aromatic nitrogens is 2. The van der Waals surface area contributed by atoms with E-state index in [9.17, 15) is 0 Å². The second-order valence-corrected chi connectivity index (χ2v) is 8.71. The summed E-state index contributed by atoms with van der Waals surface area (Å²) in [6.45, 7) is 8.75. The molecule has 0 aliphatic carbocycles. The number of methoxy groups -OCH3 is 2. The van der Waals surface area contributed by atoms with Gasteiger partial charge in [-0.2, -0.15) is 0 Å². The Kier molecular flexibility index (Phi) is 6.11. The Balaban J connectivity index is 1.94. The fourth-order valence-electron chi connectivity index (χ4n) is 4.81. The molecular weight excluding hydrogens is 420 g/mol. The molecule has 7 heteroatoms. The van der Waals surface area contributed by atoms with E-state index in [2.05, 4.69) is 53.5 Å². The van der Waals surface area contributed by atoms with Crippen molar-refractivity contribution in [3.63, 3.8) is 0 Å². The molecule has 6 nitrogen and oxygen atoms in total. The average molecular weight is 451 g/mol. The van der Waals surface area contributed by atoms with Crippen molar-refractivity contribution in [2.45, 2.75) is 45.8 Å². The maximum atomic E-state index is 5.88. The van der Waals surface area contributed by atoms with Gasteiger partial charge in [-0.05, 0) is 75.8 Å². The van der Waals surface area contributed by atoms with E-state index in [1.165, 1.54) is 17.0 Å². The van der Waals surface area contributed by atoms with Crippen LogP contribution in [0.1, 0.15) is 54.6 Å². The first-order valence-corrected chi connectivity index (χ1v) is 11.2. The smallest absolute Gasteiger partial charge is 0.174 e. The van der Waals surface area contributed by atoms with Gasteiger partial charge in [-0.1, -0.05) is 6.07 Å². The highest BCUT2D eigenvalue weighted by Gasteiger charge is 2.43. The summed E-state index contributed by atoms with van der Waals surface area (Å²) in [7, 11) is 3.34. The largest absolute Gasteiger partial charge is 0.497 e. The molecule has 1 N–H and O–H groups in total. The van der Waals surface area contributed by atoms with Crippen LogP contribution in [0.2, 0.25) is 0 Å². The molecule has 4 rings (SSSR count). The Morgan fingerprint density at radius 3 is 2.44 bits per heavy atom. The molecule has 2 atom stereocenters. The molecule has 3 heterocycles. The molecule has 0 amide bonds. The Morgan fingerprint density at radius 1 is 1.06 bits per heavy atom. The Hall–Kier alpha value is -3.06. The van der Waals surface area contributed by atoms with Gasteiger partial charge < -0.3 is 24.3 Å². The van der Waals surface area contributed by atoms with Gasteiger partial charge in [-0.25, -0.2) is 0 Å². The van der Waals surface area contributed by atoms with Crippen LogP contribution in [-0.4, -0.2) is 28.9 Å². The minimum atomic E-state index is -0.110. The third kappa shape index (κ3) is 3.71. The van der Waals surface area contributed by atoms with Gasteiger partial charge in [0.1, 0.15) is 11.5 Å². The predicted molar refractivity (Wildman–Crippen MR) is 132 cm³/mol. The van der Waals surface area contributed by atoms with Crippen molar-refractivity contribution in [3.8, 4) is 11.5 Å². The molecule has 168 valence electrons. The highest BCUT2D eigenvalue weighted by Crippen LogP contribution is 2.47. The van der Waals surface area contributed by atoms with Crippen molar-refractivity contribution >= 4 is 23.0 Å². The van der Waals surface area contributed by atoms with Crippen molar-refractivity contribution in [1.29, 1.82) is 0 Å². The second kappa shape index (κ2) is 8.82. The van der Waals surface area contributed by atoms with Crippen LogP contribution < -0.4 is 19.7 Å². The molecule has 3 aromatic rings. The number of hydrogen-bond acceptors (Lipinski definition) is 4. The maximum absolute atomic E-state index is 5.88. The zero-order valence-electron chi connectivity index (χ0n) is 19.4. The minimum Gasteiger partial charge on any atom is -0.497 e. The summed E-state index contributed by atoms with van der Waals surface area (Å²) in [6, 6.07) is 14.2. The van der Waals surface area contributed by atoms with Crippen LogP contribution in [0.5, 0.6) is 11.5 Å². The summed E-state index contributed by atoms with van der Waals surface area (Å²) >= 11 is 5.88. The van der Waals surface area contributed by atoms with Crippen LogP contribution in [0.15, 0.2) is 48.7 Å². The third-order valence-corrected chi connectivity index (χ3v) is 6.42. The Bertz CT molecular complexity index is 1130. The number of rotatable bonds is 6. The first kappa shape index (κ1) is 22.1. The lowest BCUT2D eigenvalue weighted by Gasteiger charge is -2.29. The van der Waals surface area contributed by atoms with Crippen LogP contribution in [0.3, 0.4) is 0 Å². The number of hydrogen-bond donors (Lipinski definition) is 1. The summed E-state index contributed by atoms with van der Waals surface area (Å²) < 4.78 is 13.6. The molecule has 1 saturated heterocycles. The standard InChI is InChI=1S/C25H30N4O2S/c1-15(2)28-16(3)13-19(17(28)4)24-23(20-9-7-8-12-26-20)27-25(32)29(24)21-14-18(30-5)10-11-22(21)31-6/h7-15,23-24H,1-6H3,(H,27,32)/t23-,24-/m1/s1. The topological polar surface area (TPSA) is 51.6 Å². The number of thiocarbonyl (C=S) groups is 1. The predicted octanol–water partition coefficient (Wildman–Crippen LogP) is 5.28.